The maximum absolute atomic E-state index is 12.5. The van der Waals surface area contributed by atoms with Crippen molar-refractivity contribution in [3.63, 3.8) is 0 Å². The van der Waals surface area contributed by atoms with Crippen molar-refractivity contribution in [2.24, 2.45) is 10.4 Å². The first-order valence-corrected chi connectivity index (χ1v) is 10.0. The summed E-state index contributed by atoms with van der Waals surface area (Å²) in [6, 6.07) is 3.33. The highest BCUT2D eigenvalue weighted by Gasteiger charge is 2.33. The van der Waals surface area contributed by atoms with Crippen molar-refractivity contribution in [1.29, 1.82) is 0 Å². The van der Waals surface area contributed by atoms with Crippen LogP contribution in [0.4, 0.5) is 13.2 Å². The fourth-order valence-electron chi connectivity index (χ4n) is 3.56. The lowest BCUT2D eigenvalue weighted by atomic mass is 9.83. The molecular weight excluding hydrogens is 385 g/mol. The minimum atomic E-state index is -4.41. The van der Waals surface area contributed by atoms with E-state index in [0.29, 0.717) is 18.1 Å². The summed E-state index contributed by atoms with van der Waals surface area (Å²) in [5.41, 5.74) is 0.700. The van der Waals surface area contributed by atoms with Gasteiger partial charge in [0.05, 0.1) is 6.54 Å². The predicted octanol–water partition coefficient (Wildman–Crippen LogP) is 3.67. The Bertz CT molecular complexity index is 647. The van der Waals surface area contributed by atoms with E-state index in [-0.39, 0.29) is 17.8 Å². The molecule has 0 aromatic carbocycles. The standard InChI is InChI=1S/C20H31F3N4O2/c1-3-24-18(27-14-19(10-12-28-2)8-4-5-9-19)26-13-16-7-6-11-25-17(16)29-15-20(21,22)23/h6-7,11H,3-5,8-10,12-15H2,1-2H3,(H2,24,26,27). The lowest BCUT2D eigenvalue weighted by Crippen LogP contribution is -2.43. The summed E-state index contributed by atoms with van der Waals surface area (Å²) < 4.78 is 47.5. The lowest BCUT2D eigenvalue weighted by Gasteiger charge is -2.30. The molecule has 164 valence electrons. The number of nitrogens with zero attached hydrogens (tertiary/aromatic N) is 2. The van der Waals surface area contributed by atoms with E-state index in [1.54, 1.807) is 19.2 Å². The summed E-state index contributed by atoms with van der Waals surface area (Å²) in [7, 11) is 1.72. The van der Waals surface area contributed by atoms with Gasteiger partial charge in [0, 0.05) is 38.6 Å². The van der Waals surface area contributed by atoms with Gasteiger partial charge >= 0.3 is 6.18 Å². The Morgan fingerprint density at radius 3 is 2.69 bits per heavy atom. The second-order valence-electron chi connectivity index (χ2n) is 7.37. The summed E-state index contributed by atoms with van der Waals surface area (Å²) in [5.74, 6) is 0.582. The molecule has 0 unspecified atom stereocenters. The van der Waals surface area contributed by atoms with Crippen molar-refractivity contribution >= 4 is 5.96 Å². The van der Waals surface area contributed by atoms with Crippen molar-refractivity contribution in [3.8, 4) is 5.88 Å². The van der Waals surface area contributed by atoms with Gasteiger partial charge in [0.1, 0.15) is 0 Å². The van der Waals surface area contributed by atoms with E-state index in [1.165, 1.54) is 19.0 Å². The van der Waals surface area contributed by atoms with E-state index in [0.717, 1.165) is 32.4 Å². The van der Waals surface area contributed by atoms with Crippen LogP contribution >= 0.6 is 0 Å². The lowest BCUT2D eigenvalue weighted by molar-refractivity contribution is -0.154. The zero-order chi connectivity index (χ0) is 21.2. The molecule has 2 rings (SSSR count). The molecule has 0 saturated heterocycles. The van der Waals surface area contributed by atoms with Gasteiger partial charge in [0.2, 0.25) is 5.88 Å². The number of nitrogens with one attached hydrogen (secondary N) is 2. The Morgan fingerprint density at radius 2 is 2.03 bits per heavy atom. The minimum Gasteiger partial charge on any atom is -0.468 e. The van der Waals surface area contributed by atoms with E-state index in [2.05, 4.69) is 20.6 Å². The summed E-state index contributed by atoms with van der Waals surface area (Å²) in [6.45, 7) is 2.96. The van der Waals surface area contributed by atoms with Crippen molar-refractivity contribution < 1.29 is 22.6 Å². The van der Waals surface area contributed by atoms with Crippen molar-refractivity contribution in [2.75, 3.05) is 33.4 Å². The van der Waals surface area contributed by atoms with Gasteiger partial charge in [0.25, 0.3) is 0 Å². The van der Waals surface area contributed by atoms with Crippen LogP contribution in [0, 0.1) is 5.41 Å². The fourth-order valence-corrected chi connectivity index (χ4v) is 3.56. The first-order chi connectivity index (χ1) is 13.9. The summed E-state index contributed by atoms with van der Waals surface area (Å²) in [4.78, 5) is 8.44. The number of hydrogen-bond donors (Lipinski definition) is 2. The van der Waals surface area contributed by atoms with Gasteiger partial charge in [-0.2, -0.15) is 13.2 Å². The van der Waals surface area contributed by atoms with E-state index in [1.807, 2.05) is 6.92 Å². The number of methoxy groups -OCH3 is 1. The van der Waals surface area contributed by atoms with Gasteiger partial charge < -0.3 is 20.1 Å². The number of aliphatic imine (C=N–C) groups is 1. The molecule has 0 spiro atoms. The summed E-state index contributed by atoms with van der Waals surface area (Å²) in [6.07, 6.45) is 2.73. The first kappa shape index (κ1) is 23.3. The molecule has 1 fully saturated rings. The van der Waals surface area contributed by atoms with Crippen LogP contribution in [0.3, 0.4) is 0 Å². The average molecular weight is 416 g/mol. The normalized spacial score (nSPS) is 16.7. The minimum absolute atomic E-state index is 0.0446. The molecule has 0 amide bonds. The molecule has 0 bridgehead atoms. The number of hydrogen-bond acceptors (Lipinski definition) is 4. The molecule has 6 nitrogen and oxygen atoms in total. The van der Waals surface area contributed by atoms with Gasteiger partial charge in [-0.3, -0.25) is 0 Å². The Labute approximate surface area is 170 Å². The third kappa shape index (κ3) is 8.08. The number of aromatic nitrogens is 1. The number of halogens is 3. The van der Waals surface area contributed by atoms with Crippen molar-refractivity contribution in [2.45, 2.75) is 51.7 Å². The Kier molecular flexibility index (Phi) is 9.00. The predicted molar refractivity (Wildman–Crippen MR) is 106 cm³/mol. The molecule has 1 aromatic heterocycles. The van der Waals surface area contributed by atoms with Crippen LogP contribution in [0.25, 0.3) is 0 Å². The highest BCUT2D eigenvalue weighted by molar-refractivity contribution is 5.79. The van der Waals surface area contributed by atoms with Crippen LogP contribution in [0.1, 0.15) is 44.6 Å². The molecule has 1 saturated carbocycles. The molecule has 1 aromatic rings. The molecule has 1 aliphatic rings. The second-order valence-corrected chi connectivity index (χ2v) is 7.37. The van der Waals surface area contributed by atoms with E-state index in [9.17, 15) is 13.2 Å². The fraction of sp³-hybridized carbons (Fsp3) is 0.700. The number of ether oxygens (including phenoxy) is 2. The highest BCUT2D eigenvalue weighted by Crippen LogP contribution is 2.40. The molecular formula is C20H31F3N4O2. The van der Waals surface area contributed by atoms with Gasteiger partial charge in [-0.1, -0.05) is 18.9 Å². The van der Waals surface area contributed by atoms with Crippen LogP contribution in [-0.2, 0) is 11.3 Å². The number of pyridine rings is 1. The zero-order valence-corrected chi connectivity index (χ0v) is 17.1. The Balaban J connectivity index is 2.02. The maximum atomic E-state index is 12.5. The van der Waals surface area contributed by atoms with Crippen molar-refractivity contribution in [3.05, 3.63) is 23.9 Å². The van der Waals surface area contributed by atoms with E-state index < -0.39 is 12.8 Å². The van der Waals surface area contributed by atoms with Gasteiger partial charge in [-0.25, -0.2) is 9.98 Å². The largest absolute Gasteiger partial charge is 0.468 e. The first-order valence-electron chi connectivity index (χ1n) is 10.0. The van der Waals surface area contributed by atoms with Crippen LogP contribution in [0.15, 0.2) is 23.3 Å². The highest BCUT2D eigenvalue weighted by atomic mass is 19.4. The van der Waals surface area contributed by atoms with Crippen LogP contribution in [0.5, 0.6) is 5.88 Å². The van der Waals surface area contributed by atoms with Crippen LogP contribution in [-0.4, -0.2) is 50.5 Å². The molecule has 0 radical (unpaired) electrons. The third-order valence-corrected chi connectivity index (χ3v) is 5.11. The van der Waals surface area contributed by atoms with Crippen molar-refractivity contribution in [1.82, 2.24) is 15.6 Å². The van der Waals surface area contributed by atoms with Gasteiger partial charge in [0.15, 0.2) is 12.6 Å². The third-order valence-electron chi connectivity index (χ3n) is 5.11. The maximum Gasteiger partial charge on any atom is 0.422 e. The average Bonchev–Trinajstić information content (AvgIpc) is 3.16. The molecule has 1 heterocycles. The van der Waals surface area contributed by atoms with Crippen LogP contribution in [0.2, 0.25) is 0 Å². The van der Waals surface area contributed by atoms with E-state index in [4.69, 9.17) is 9.47 Å². The smallest absolute Gasteiger partial charge is 0.422 e. The molecule has 9 heteroatoms. The van der Waals surface area contributed by atoms with Crippen LogP contribution < -0.4 is 15.4 Å². The topological polar surface area (TPSA) is 67.8 Å². The summed E-state index contributed by atoms with van der Waals surface area (Å²) >= 11 is 0. The quantitative estimate of drug-likeness (QED) is 0.450. The monoisotopic (exact) mass is 416 g/mol. The second kappa shape index (κ2) is 11.2. The SMILES string of the molecule is CCNC(=NCc1cccnc1OCC(F)(F)F)NCC1(CCOC)CCCC1. The number of rotatable bonds is 10. The Morgan fingerprint density at radius 1 is 1.28 bits per heavy atom. The van der Waals surface area contributed by atoms with E-state index >= 15 is 0 Å². The molecule has 0 atom stereocenters. The molecule has 1 aliphatic carbocycles. The Hall–Kier alpha value is -2.03. The zero-order valence-electron chi connectivity index (χ0n) is 17.1. The number of alkyl halides is 3. The molecule has 0 aliphatic heterocycles. The number of guanidine groups is 1. The molecule has 2 N–H and O–H groups in total. The van der Waals surface area contributed by atoms with Gasteiger partial charge in [-0.05, 0) is 37.7 Å². The van der Waals surface area contributed by atoms with Gasteiger partial charge in [-0.15, -0.1) is 0 Å². The molecule has 29 heavy (non-hydrogen) atoms. The summed E-state index contributed by atoms with van der Waals surface area (Å²) in [5, 5.41) is 6.59.